The summed E-state index contributed by atoms with van der Waals surface area (Å²) in [5.74, 6) is 0.553. The second-order valence-electron chi connectivity index (χ2n) is 5.84. The van der Waals surface area contributed by atoms with E-state index >= 15 is 0 Å². The highest BCUT2D eigenvalue weighted by Gasteiger charge is 2.32. The zero-order valence-corrected chi connectivity index (χ0v) is 11.9. The molecule has 1 N–H and O–H groups in total. The maximum atomic E-state index is 12.8. The zero-order valence-electron chi connectivity index (χ0n) is 11.9. The van der Waals surface area contributed by atoms with Gasteiger partial charge < -0.3 is 5.32 Å². The Balaban J connectivity index is 1.96. The molecule has 2 unspecified atom stereocenters. The lowest BCUT2D eigenvalue weighted by Gasteiger charge is -2.24. The first-order valence-corrected chi connectivity index (χ1v) is 7.23. The van der Waals surface area contributed by atoms with Gasteiger partial charge in [-0.3, -0.25) is 0 Å². The molecular formula is C17H18F3N. The minimum absolute atomic E-state index is 0.0298. The van der Waals surface area contributed by atoms with Crippen LogP contribution in [0.25, 0.3) is 0 Å². The number of hydrogen-bond donors (Lipinski definition) is 1. The van der Waals surface area contributed by atoms with Crippen molar-refractivity contribution in [2.75, 3.05) is 6.54 Å². The number of alkyl halides is 3. The Morgan fingerprint density at radius 3 is 2.76 bits per heavy atom. The van der Waals surface area contributed by atoms with Crippen molar-refractivity contribution in [2.45, 2.75) is 32.0 Å². The second kappa shape index (κ2) is 5.34. The van der Waals surface area contributed by atoms with Crippen LogP contribution < -0.4 is 5.32 Å². The van der Waals surface area contributed by atoms with Crippen LogP contribution in [0, 0.1) is 12.8 Å². The van der Waals surface area contributed by atoms with E-state index in [1.165, 1.54) is 17.7 Å². The summed E-state index contributed by atoms with van der Waals surface area (Å²) in [5.41, 5.74) is 2.33. The van der Waals surface area contributed by atoms with E-state index in [1.807, 2.05) is 0 Å². The standard InChI is InChI=1S/C17H18F3N/c1-11-9-14(17(18,19)20)5-6-15(11)16-13-4-2-3-12(10-13)7-8-21-16/h2-6,9,12,16,21H,7-8,10H2,1H3. The van der Waals surface area contributed by atoms with E-state index in [9.17, 15) is 13.2 Å². The van der Waals surface area contributed by atoms with E-state index in [0.29, 0.717) is 11.5 Å². The SMILES string of the molecule is Cc1cc(C(F)(F)F)ccc1C1NCCC2C=CC=C1C2. The molecule has 0 radical (unpaired) electrons. The molecule has 1 fully saturated rings. The number of halogens is 3. The molecule has 0 saturated carbocycles. The molecule has 1 saturated heterocycles. The summed E-state index contributed by atoms with van der Waals surface area (Å²) in [4.78, 5) is 0. The predicted octanol–water partition coefficient (Wildman–Crippen LogP) is 4.55. The van der Waals surface area contributed by atoms with Crippen molar-refractivity contribution in [3.05, 3.63) is 58.7 Å². The fourth-order valence-corrected chi connectivity index (χ4v) is 3.22. The van der Waals surface area contributed by atoms with Gasteiger partial charge in [0.1, 0.15) is 0 Å². The van der Waals surface area contributed by atoms with Crippen molar-refractivity contribution in [3.8, 4) is 0 Å². The van der Waals surface area contributed by atoms with Gasteiger partial charge in [-0.1, -0.05) is 24.3 Å². The van der Waals surface area contributed by atoms with Crippen molar-refractivity contribution in [1.82, 2.24) is 5.32 Å². The highest BCUT2D eigenvalue weighted by Crippen LogP contribution is 2.37. The van der Waals surface area contributed by atoms with Gasteiger partial charge >= 0.3 is 6.18 Å². The lowest BCUT2D eigenvalue weighted by Crippen LogP contribution is -2.23. The van der Waals surface area contributed by atoms with Gasteiger partial charge in [-0.05, 0) is 61.1 Å². The summed E-state index contributed by atoms with van der Waals surface area (Å²) in [6.45, 7) is 2.64. The first-order chi connectivity index (χ1) is 9.95. The van der Waals surface area contributed by atoms with E-state index in [1.54, 1.807) is 13.0 Å². The quantitative estimate of drug-likeness (QED) is 0.801. The molecule has 21 heavy (non-hydrogen) atoms. The molecule has 0 amide bonds. The summed E-state index contributed by atoms with van der Waals surface area (Å²) in [7, 11) is 0. The van der Waals surface area contributed by atoms with Gasteiger partial charge in [-0.25, -0.2) is 0 Å². The van der Waals surface area contributed by atoms with E-state index < -0.39 is 11.7 Å². The highest BCUT2D eigenvalue weighted by atomic mass is 19.4. The van der Waals surface area contributed by atoms with Gasteiger partial charge in [0.15, 0.2) is 0 Å². The van der Waals surface area contributed by atoms with E-state index in [0.717, 1.165) is 24.9 Å². The molecule has 0 spiro atoms. The maximum Gasteiger partial charge on any atom is 0.416 e. The monoisotopic (exact) mass is 293 g/mol. The van der Waals surface area contributed by atoms with Crippen molar-refractivity contribution in [2.24, 2.45) is 5.92 Å². The second-order valence-corrected chi connectivity index (χ2v) is 5.84. The third-order valence-corrected chi connectivity index (χ3v) is 4.33. The molecule has 1 heterocycles. The lowest BCUT2D eigenvalue weighted by molar-refractivity contribution is -0.137. The van der Waals surface area contributed by atoms with Crippen LogP contribution in [0.4, 0.5) is 13.2 Å². The third-order valence-electron chi connectivity index (χ3n) is 4.33. The fourth-order valence-electron chi connectivity index (χ4n) is 3.22. The number of rotatable bonds is 1. The highest BCUT2D eigenvalue weighted by molar-refractivity contribution is 5.40. The molecule has 2 bridgehead atoms. The first kappa shape index (κ1) is 14.4. The third kappa shape index (κ3) is 2.91. The molecule has 0 aromatic heterocycles. The summed E-state index contributed by atoms with van der Waals surface area (Å²) < 4.78 is 38.3. The van der Waals surface area contributed by atoms with Gasteiger partial charge in [0.05, 0.1) is 11.6 Å². The molecule has 1 aromatic carbocycles. The Bertz CT molecular complexity index is 599. The summed E-state index contributed by atoms with van der Waals surface area (Å²) >= 11 is 0. The van der Waals surface area contributed by atoms with Crippen molar-refractivity contribution < 1.29 is 13.2 Å². The first-order valence-electron chi connectivity index (χ1n) is 7.23. The molecule has 4 heteroatoms. The van der Waals surface area contributed by atoms with Crippen LogP contribution in [0.5, 0.6) is 0 Å². The van der Waals surface area contributed by atoms with Gasteiger partial charge in [-0.15, -0.1) is 0 Å². The minimum atomic E-state index is -4.28. The molecule has 112 valence electrons. The lowest BCUT2D eigenvalue weighted by atomic mass is 9.86. The molecule has 1 nitrogen and oxygen atoms in total. The van der Waals surface area contributed by atoms with Crippen molar-refractivity contribution in [1.29, 1.82) is 0 Å². The number of aryl methyl sites for hydroxylation is 1. The Labute approximate surface area is 122 Å². The Morgan fingerprint density at radius 2 is 2.05 bits per heavy atom. The molecule has 1 aromatic rings. The van der Waals surface area contributed by atoms with Crippen molar-refractivity contribution in [3.63, 3.8) is 0 Å². The average molecular weight is 293 g/mol. The largest absolute Gasteiger partial charge is 0.416 e. The normalized spacial score (nSPS) is 25.4. The van der Waals surface area contributed by atoms with Gasteiger partial charge in [-0.2, -0.15) is 13.2 Å². The number of allylic oxidation sites excluding steroid dienone is 3. The zero-order chi connectivity index (χ0) is 15.0. The molecule has 3 rings (SSSR count). The van der Waals surface area contributed by atoms with Crippen LogP contribution >= 0.6 is 0 Å². The van der Waals surface area contributed by atoms with Crippen LogP contribution in [0.15, 0.2) is 42.0 Å². The van der Waals surface area contributed by atoms with Crippen LogP contribution in [0.2, 0.25) is 0 Å². The van der Waals surface area contributed by atoms with Gasteiger partial charge in [0.2, 0.25) is 0 Å². The molecule has 1 aliphatic carbocycles. The van der Waals surface area contributed by atoms with Crippen LogP contribution in [-0.2, 0) is 6.18 Å². The number of benzene rings is 1. The Morgan fingerprint density at radius 1 is 1.24 bits per heavy atom. The molecular weight excluding hydrogens is 275 g/mol. The Hall–Kier alpha value is -1.55. The van der Waals surface area contributed by atoms with Gasteiger partial charge in [0.25, 0.3) is 0 Å². The molecule has 2 atom stereocenters. The average Bonchev–Trinajstić information content (AvgIpc) is 2.56. The molecule has 2 aliphatic rings. The number of hydrogen-bond acceptors (Lipinski definition) is 1. The van der Waals surface area contributed by atoms with Crippen LogP contribution in [-0.4, -0.2) is 6.54 Å². The smallest absolute Gasteiger partial charge is 0.306 e. The minimum Gasteiger partial charge on any atom is -0.306 e. The summed E-state index contributed by atoms with van der Waals surface area (Å²) in [6.07, 6.45) is 4.17. The van der Waals surface area contributed by atoms with Crippen LogP contribution in [0.1, 0.15) is 35.6 Å². The van der Waals surface area contributed by atoms with E-state index in [2.05, 4.69) is 23.5 Å². The maximum absolute atomic E-state index is 12.8. The van der Waals surface area contributed by atoms with Crippen LogP contribution in [0.3, 0.4) is 0 Å². The fraction of sp³-hybridized carbons (Fsp3) is 0.412. The topological polar surface area (TPSA) is 12.0 Å². The van der Waals surface area contributed by atoms with Crippen molar-refractivity contribution >= 4 is 0 Å². The molecule has 1 aliphatic heterocycles. The van der Waals surface area contributed by atoms with E-state index in [4.69, 9.17) is 0 Å². The summed E-state index contributed by atoms with van der Waals surface area (Å²) in [5, 5.41) is 3.48. The summed E-state index contributed by atoms with van der Waals surface area (Å²) in [6, 6.07) is 4.08. The number of fused-ring (bicyclic) bond motifs is 2. The number of nitrogens with one attached hydrogen (secondary N) is 1. The Kier molecular flexibility index (Phi) is 3.66. The van der Waals surface area contributed by atoms with Gasteiger partial charge in [0, 0.05) is 0 Å². The van der Waals surface area contributed by atoms with E-state index in [-0.39, 0.29) is 6.04 Å². The predicted molar refractivity (Wildman–Crippen MR) is 76.9 cm³/mol.